The molecule has 1 aliphatic heterocycles. The van der Waals surface area contributed by atoms with Crippen molar-refractivity contribution in [2.75, 3.05) is 26.7 Å². The summed E-state index contributed by atoms with van der Waals surface area (Å²) in [5, 5.41) is 3.02. The second kappa shape index (κ2) is 9.74. The monoisotopic (exact) mass is 374 g/mol. The van der Waals surface area contributed by atoms with Crippen LogP contribution >= 0.6 is 0 Å². The highest BCUT2D eigenvalue weighted by Gasteiger charge is 2.30. The number of hydrogen-bond donors (Lipinski definition) is 2. The van der Waals surface area contributed by atoms with Gasteiger partial charge in [-0.3, -0.25) is 4.79 Å². The minimum absolute atomic E-state index is 0.0238. The van der Waals surface area contributed by atoms with Gasteiger partial charge in [0, 0.05) is 44.7 Å². The van der Waals surface area contributed by atoms with Crippen molar-refractivity contribution in [3.8, 4) is 0 Å². The van der Waals surface area contributed by atoms with Crippen molar-refractivity contribution in [1.82, 2.24) is 15.1 Å². The first-order valence-electron chi connectivity index (χ1n) is 9.99. The van der Waals surface area contributed by atoms with Crippen molar-refractivity contribution in [1.29, 1.82) is 0 Å². The van der Waals surface area contributed by atoms with Crippen molar-refractivity contribution in [2.45, 2.75) is 51.6 Å². The normalized spacial score (nSPS) is 15.5. The number of carbonyl (C=O) groups is 2. The quantitative estimate of drug-likeness (QED) is 0.770. The molecule has 6 nitrogen and oxygen atoms in total. The molecule has 1 saturated heterocycles. The van der Waals surface area contributed by atoms with Gasteiger partial charge in [0.1, 0.15) is 0 Å². The minimum Gasteiger partial charge on any atom is -0.354 e. The van der Waals surface area contributed by atoms with Crippen LogP contribution in [-0.4, -0.2) is 54.0 Å². The highest BCUT2D eigenvalue weighted by Crippen LogP contribution is 2.19. The van der Waals surface area contributed by atoms with Gasteiger partial charge in [0.25, 0.3) is 0 Å². The lowest BCUT2D eigenvalue weighted by Crippen LogP contribution is -2.52. The van der Waals surface area contributed by atoms with E-state index in [1.807, 2.05) is 56.1 Å². The number of piperidine rings is 1. The van der Waals surface area contributed by atoms with Crippen LogP contribution in [0.4, 0.5) is 4.79 Å². The van der Waals surface area contributed by atoms with E-state index in [0.717, 1.165) is 18.4 Å². The smallest absolute Gasteiger partial charge is 0.320 e. The van der Waals surface area contributed by atoms with Gasteiger partial charge in [-0.1, -0.05) is 44.2 Å². The van der Waals surface area contributed by atoms with Crippen molar-refractivity contribution in [3.63, 3.8) is 0 Å². The molecule has 27 heavy (non-hydrogen) atoms. The Morgan fingerprint density at radius 1 is 1.19 bits per heavy atom. The molecule has 0 spiro atoms. The second-order valence-corrected chi connectivity index (χ2v) is 7.67. The number of hydrogen-bond acceptors (Lipinski definition) is 3. The van der Waals surface area contributed by atoms with Crippen molar-refractivity contribution < 1.29 is 9.59 Å². The molecule has 2 rings (SSSR count). The van der Waals surface area contributed by atoms with Gasteiger partial charge in [-0.2, -0.15) is 0 Å². The van der Waals surface area contributed by atoms with Gasteiger partial charge in [-0.15, -0.1) is 0 Å². The zero-order chi connectivity index (χ0) is 19.9. The molecular weight excluding hydrogens is 340 g/mol. The highest BCUT2D eigenvalue weighted by molar-refractivity contribution is 5.79. The Hall–Kier alpha value is -2.08. The van der Waals surface area contributed by atoms with E-state index in [1.54, 1.807) is 4.90 Å². The standard InChI is InChI=1S/C21H34N4O2/c1-4-21(22,5-2)16-23-19(26)18-11-13-25(14-12-18)20(27)24(3)15-17-9-7-6-8-10-17/h6-10,18H,4-5,11-16,22H2,1-3H3,(H,23,26). The molecule has 0 bridgehead atoms. The molecule has 0 atom stereocenters. The summed E-state index contributed by atoms with van der Waals surface area (Å²) in [5.74, 6) is 0.0305. The molecule has 1 fully saturated rings. The molecule has 3 amide bonds. The van der Waals surface area contributed by atoms with Gasteiger partial charge in [-0.25, -0.2) is 4.79 Å². The van der Waals surface area contributed by atoms with Crippen LogP contribution in [0.1, 0.15) is 45.1 Å². The summed E-state index contributed by atoms with van der Waals surface area (Å²) in [5.41, 5.74) is 7.04. The summed E-state index contributed by atoms with van der Waals surface area (Å²) in [4.78, 5) is 28.7. The number of rotatable bonds is 7. The van der Waals surface area contributed by atoms with Crippen LogP contribution in [0, 0.1) is 5.92 Å². The Morgan fingerprint density at radius 3 is 2.33 bits per heavy atom. The van der Waals surface area contributed by atoms with Crippen LogP contribution in [0.15, 0.2) is 30.3 Å². The number of nitrogens with one attached hydrogen (secondary N) is 1. The predicted octanol–water partition coefficient (Wildman–Crippen LogP) is 2.58. The van der Waals surface area contributed by atoms with E-state index >= 15 is 0 Å². The zero-order valence-electron chi connectivity index (χ0n) is 16.9. The second-order valence-electron chi connectivity index (χ2n) is 7.67. The predicted molar refractivity (Wildman–Crippen MR) is 108 cm³/mol. The number of nitrogens with zero attached hydrogens (tertiary/aromatic N) is 2. The first-order valence-corrected chi connectivity index (χ1v) is 9.99. The van der Waals surface area contributed by atoms with Crippen LogP contribution < -0.4 is 11.1 Å². The average Bonchev–Trinajstić information content (AvgIpc) is 2.72. The van der Waals surface area contributed by atoms with Crippen LogP contribution in [-0.2, 0) is 11.3 Å². The first-order chi connectivity index (χ1) is 12.9. The third kappa shape index (κ3) is 5.96. The number of likely N-dealkylation sites (tertiary alicyclic amines) is 1. The topological polar surface area (TPSA) is 78.7 Å². The Morgan fingerprint density at radius 2 is 1.78 bits per heavy atom. The molecular formula is C21H34N4O2. The van der Waals surface area contributed by atoms with E-state index in [4.69, 9.17) is 5.73 Å². The Labute approximate surface area is 163 Å². The fraction of sp³-hybridized carbons (Fsp3) is 0.619. The Bertz CT molecular complexity index is 608. The molecule has 1 aliphatic rings. The summed E-state index contributed by atoms with van der Waals surface area (Å²) < 4.78 is 0. The molecule has 0 aliphatic carbocycles. The third-order valence-electron chi connectivity index (χ3n) is 5.75. The van der Waals surface area contributed by atoms with E-state index < -0.39 is 0 Å². The van der Waals surface area contributed by atoms with Gasteiger partial charge in [-0.05, 0) is 31.2 Å². The lowest BCUT2D eigenvalue weighted by atomic mass is 9.92. The number of amides is 3. The highest BCUT2D eigenvalue weighted by atomic mass is 16.2. The SMILES string of the molecule is CCC(N)(CC)CNC(=O)C1CCN(C(=O)N(C)Cc2ccccc2)CC1. The van der Waals surface area contributed by atoms with Gasteiger partial charge in [0.2, 0.25) is 5.91 Å². The summed E-state index contributed by atoms with van der Waals surface area (Å²) in [6.07, 6.45) is 3.08. The van der Waals surface area contributed by atoms with E-state index in [1.165, 1.54) is 0 Å². The molecule has 1 aromatic carbocycles. The van der Waals surface area contributed by atoms with Gasteiger partial charge in [0.05, 0.1) is 0 Å². The van der Waals surface area contributed by atoms with Gasteiger partial charge >= 0.3 is 6.03 Å². The fourth-order valence-corrected chi connectivity index (χ4v) is 3.41. The fourth-order valence-electron chi connectivity index (χ4n) is 3.41. The first kappa shape index (κ1) is 21.2. The number of carbonyl (C=O) groups excluding carboxylic acids is 2. The summed E-state index contributed by atoms with van der Waals surface area (Å²) in [7, 11) is 1.82. The molecule has 6 heteroatoms. The Kier molecular flexibility index (Phi) is 7.66. The van der Waals surface area contributed by atoms with Crippen LogP contribution in [0.2, 0.25) is 0 Å². The lowest BCUT2D eigenvalue weighted by Gasteiger charge is -2.35. The molecule has 0 radical (unpaired) electrons. The van der Waals surface area contributed by atoms with E-state index in [-0.39, 0.29) is 23.4 Å². The van der Waals surface area contributed by atoms with Crippen LogP contribution in [0.5, 0.6) is 0 Å². The molecule has 150 valence electrons. The Balaban J connectivity index is 1.78. The summed E-state index contributed by atoms with van der Waals surface area (Å²) in [6.45, 7) is 6.43. The third-order valence-corrected chi connectivity index (χ3v) is 5.75. The molecule has 3 N–H and O–H groups in total. The van der Waals surface area contributed by atoms with Crippen LogP contribution in [0.3, 0.4) is 0 Å². The molecule has 1 aromatic rings. The molecule has 0 unspecified atom stereocenters. The van der Waals surface area contributed by atoms with E-state index in [9.17, 15) is 9.59 Å². The van der Waals surface area contributed by atoms with Gasteiger partial charge < -0.3 is 20.9 Å². The van der Waals surface area contributed by atoms with Crippen molar-refractivity contribution in [3.05, 3.63) is 35.9 Å². The number of nitrogens with two attached hydrogens (primary N) is 1. The van der Waals surface area contributed by atoms with Gasteiger partial charge in [0.15, 0.2) is 0 Å². The van der Waals surface area contributed by atoms with E-state index in [2.05, 4.69) is 5.32 Å². The minimum atomic E-state index is -0.327. The lowest BCUT2D eigenvalue weighted by molar-refractivity contribution is -0.126. The summed E-state index contributed by atoms with van der Waals surface area (Å²) >= 11 is 0. The maximum Gasteiger partial charge on any atom is 0.320 e. The average molecular weight is 375 g/mol. The molecule has 1 heterocycles. The van der Waals surface area contributed by atoms with Crippen molar-refractivity contribution >= 4 is 11.9 Å². The maximum atomic E-state index is 12.6. The molecule has 0 saturated carbocycles. The number of urea groups is 1. The largest absolute Gasteiger partial charge is 0.354 e. The zero-order valence-corrected chi connectivity index (χ0v) is 16.9. The van der Waals surface area contributed by atoms with Crippen molar-refractivity contribution in [2.24, 2.45) is 11.7 Å². The van der Waals surface area contributed by atoms with E-state index in [0.29, 0.717) is 39.0 Å². The maximum absolute atomic E-state index is 12.6. The van der Waals surface area contributed by atoms with Crippen LogP contribution in [0.25, 0.3) is 0 Å². The summed E-state index contributed by atoms with van der Waals surface area (Å²) in [6, 6.07) is 9.98. The number of benzene rings is 1. The molecule has 0 aromatic heterocycles.